The molecule has 0 amide bonds. The van der Waals surface area contributed by atoms with Crippen LogP contribution in [0.2, 0.25) is 0 Å². The van der Waals surface area contributed by atoms with Gasteiger partial charge in [0.1, 0.15) is 17.3 Å². The minimum atomic E-state index is -0.307. The van der Waals surface area contributed by atoms with Gasteiger partial charge >= 0.3 is 0 Å². The fourth-order valence-electron chi connectivity index (χ4n) is 3.31. The zero-order chi connectivity index (χ0) is 19.3. The molecule has 28 heavy (non-hydrogen) atoms. The molecule has 0 unspecified atom stereocenters. The van der Waals surface area contributed by atoms with Crippen molar-refractivity contribution in [1.82, 2.24) is 9.97 Å². The number of nitrogens with one attached hydrogen (secondary N) is 1. The molecular weight excluding hydrogens is 350 g/mol. The van der Waals surface area contributed by atoms with E-state index >= 15 is 0 Å². The van der Waals surface area contributed by atoms with Gasteiger partial charge in [-0.25, -0.2) is 4.98 Å². The topological polar surface area (TPSA) is 67.3 Å². The van der Waals surface area contributed by atoms with Crippen LogP contribution in [0.5, 0.6) is 11.5 Å². The molecule has 5 nitrogen and oxygen atoms in total. The van der Waals surface area contributed by atoms with Crippen LogP contribution >= 0.6 is 0 Å². The molecule has 0 spiro atoms. The van der Waals surface area contributed by atoms with Crippen molar-refractivity contribution < 1.29 is 9.84 Å². The highest BCUT2D eigenvalue weighted by atomic mass is 16.5. The van der Waals surface area contributed by atoms with Gasteiger partial charge in [-0.15, -0.1) is 0 Å². The maximum absolute atomic E-state index is 10.7. The van der Waals surface area contributed by atoms with Crippen molar-refractivity contribution in [3.05, 3.63) is 90.3 Å². The molecule has 4 aromatic rings. The molecule has 0 radical (unpaired) electrons. The molecule has 1 atom stereocenters. The van der Waals surface area contributed by atoms with E-state index < -0.39 is 0 Å². The van der Waals surface area contributed by atoms with Crippen molar-refractivity contribution in [2.75, 3.05) is 11.9 Å². The summed E-state index contributed by atoms with van der Waals surface area (Å²) in [6.07, 6.45) is 3.49. The molecule has 0 fully saturated rings. The first-order valence-electron chi connectivity index (χ1n) is 9.23. The molecule has 0 aliphatic carbocycles. The van der Waals surface area contributed by atoms with Crippen LogP contribution in [-0.4, -0.2) is 21.7 Å². The first-order valence-corrected chi connectivity index (χ1v) is 9.23. The van der Waals surface area contributed by atoms with E-state index in [2.05, 4.69) is 15.3 Å². The Morgan fingerprint density at radius 1 is 0.929 bits per heavy atom. The zero-order valence-electron chi connectivity index (χ0n) is 15.5. The molecule has 0 aliphatic heterocycles. The Bertz CT molecular complexity index is 1070. The van der Waals surface area contributed by atoms with Gasteiger partial charge in [-0.05, 0) is 55.0 Å². The Balaban J connectivity index is 1.85. The van der Waals surface area contributed by atoms with Crippen LogP contribution in [0.25, 0.3) is 10.9 Å². The maximum Gasteiger partial charge on any atom is 0.126 e. The van der Waals surface area contributed by atoms with Crippen LogP contribution in [0.1, 0.15) is 24.1 Å². The Kier molecular flexibility index (Phi) is 5.06. The number of nitrogens with zero attached hydrogens (tertiary/aromatic N) is 2. The number of aromatic nitrogens is 2. The molecule has 2 N–H and O–H groups in total. The number of hydrogen-bond donors (Lipinski definition) is 2. The lowest BCUT2D eigenvalue weighted by atomic mass is 9.94. The molecule has 0 bridgehead atoms. The molecule has 0 aliphatic rings. The average molecular weight is 371 g/mol. The molecule has 0 saturated carbocycles. The smallest absolute Gasteiger partial charge is 0.126 e. The van der Waals surface area contributed by atoms with Crippen molar-refractivity contribution in [2.24, 2.45) is 0 Å². The highest BCUT2D eigenvalue weighted by molar-refractivity contribution is 5.86. The standard InChI is InChI=1S/C23H21N3O2/c1-2-28-17-10-8-16(9-11-17)23(26-21-7-3-4-14-25-21)22-18-6-5-15-24-19(18)12-13-20(22)27/h3-15,23,27H,2H2,1H3,(H,25,26)/t23-/m1/s1. The number of phenolic OH excluding ortho intramolecular Hbond substituents is 1. The molecule has 2 aromatic heterocycles. The SMILES string of the molecule is CCOc1ccc([C@@H](Nc2ccccn2)c2c(O)ccc3ncccc23)cc1. The van der Waals surface area contributed by atoms with Crippen LogP contribution < -0.4 is 10.1 Å². The Labute approximate surface area is 163 Å². The van der Waals surface area contributed by atoms with Gasteiger partial charge in [-0.2, -0.15) is 0 Å². The number of ether oxygens (including phenoxy) is 1. The number of aromatic hydroxyl groups is 1. The summed E-state index contributed by atoms with van der Waals surface area (Å²) in [6, 6.07) is 20.6. The number of phenols is 1. The van der Waals surface area contributed by atoms with E-state index in [1.165, 1.54) is 0 Å². The van der Waals surface area contributed by atoms with Gasteiger partial charge < -0.3 is 15.2 Å². The summed E-state index contributed by atoms with van der Waals surface area (Å²) in [7, 11) is 0. The minimum absolute atomic E-state index is 0.211. The zero-order valence-corrected chi connectivity index (χ0v) is 15.5. The van der Waals surface area contributed by atoms with Gasteiger partial charge in [-0.1, -0.05) is 24.3 Å². The number of rotatable bonds is 6. The van der Waals surface area contributed by atoms with Crippen LogP contribution in [-0.2, 0) is 0 Å². The summed E-state index contributed by atoms with van der Waals surface area (Å²) in [6.45, 7) is 2.57. The number of anilines is 1. The predicted octanol–water partition coefficient (Wildman–Crippen LogP) is 4.94. The minimum Gasteiger partial charge on any atom is -0.508 e. The molecule has 4 rings (SSSR count). The average Bonchev–Trinajstić information content (AvgIpc) is 2.74. The van der Waals surface area contributed by atoms with Crippen molar-refractivity contribution in [3.63, 3.8) is 0 Å². The third-order valence-electron chi connectivity index (χ3n) is 4.57. The molecule has 140 valence electrons. The van der Waals surface area contributed by atoms with Crippen molar-refractivity contribution in [2.45, 2.75) is 13.0 Å². The lowest BCUT2D eigenvalue weighted by Gasteiger charge is -2.23. The van der Waals surface area contributed by atoms with E-state index in [0.717, 1.165) is 33.6 Å². The second kappa shape index (κ2) is 7.96. The predicted molar refractivity (Wildman–Crippen MR) is 111 cm³/mol. The largest absolute Gasteiger partial charge is 0.508 e. The first-order chi connectivity index (χ1) is 13.8. The fourth-order valence-corrected chi connectivity index (χ4v) is 3.31. The fraction of sp³-hybridized carbons (Fsp3) is 0.130. The van der Waals surface area contributed by atoms with Gasteiger partial charge in [0.25, 0.3) is 0 Å². The summed E-state index contributed by atoms with van der Waals surface area (Å²) in [5.41, 5.74) is 2.58. The summed E-state index contributed by atoms with van der Waals surface area (Å²) in [4.78, 5) is 8.82. The molecule has 0 saturated heterocycles. The quantitative estimate of drug-likeness (QED) is 0.503. The second-order valence-electron chi connectivity index (χ2n) is 6.36. The first kappa shape index (κ1) is 17.8. The van der Waals surface area contributed by atoms with E-state index in [9.17, 15) is 5.11 Å². The highest BCUT2D eigenvalue weighted by Gasteiger charge is 2.21. The van der Waals surface area contributed by atoms with Gasteiger partial charge in [0.2, 0.25) is 0 Å². The highest BCUT2D eigenvalue weighted by Crippen LogP contribution is 2.37. The normalized spacial score (nSPS) is 11.9. The van der Waals surface area contributed by atoms with Crippen molar-refractivity contribution in [1.29, 1.82) is 0 Å². The summed E-state index contributed by atoms with van der Waals surface area (Å²) >= 11 is 0. The van der Waals surface area contributed by atoms with E-state index in [1.807, 2.05) is 67.6 Å². The molecule has 2 heterocycles. The van der Waals surface area contributed by atoms with Crippen molar-refractivity contribution >= 4 is 16.7 Å². The Morgan fingerprint density at radius 3 is 2.50 bits per heavy atom. The Hall–Kier alpha value is -3.60. The molecule has 2 aromatic carbocycles. The van der Waals surface area contributed by atoms with E-state index in [4.69, 9.17) is 4.74 Å². The second-order valence-corrected chi connectivity index (χ2v) is 6.36. The lowest BCUT2D eigenvalue weighted by molar-refractivity contribution is 0.340. The van der Waals surface area contributed by atoms with Gasteiger partial charge in [0.05, 0.1) is 18.2 Å². The third-order valence-corrected chi connectivity index (χ3v) is 4.57. The lowest BCUT2D eigenvalue weighted by Crippen LogP contribution is -2.14. The number of fused-ring (bicyclic) bond motifs is 1. The van der Waals surface area contributed by atoms with Crippen LogP contribution in [0.15, 0.2) is 79.1 Å². The third kappa shape index (κ3) is 3.60. The summed E-state index contributed by atoms with van der Waals surface area (Å²) in [5.74, 6) is 1.75. The Morgan fingerprint density at radius 2 is 1.75 bits per heavy atom. The maximum atomic E-state index is 10.7. The molecular formula is C23H21N3O2. The number of benzene rings is 2. The van der Waals surface area contributed by atoms with Gasteiger partial charge in [0, 0.05) is 23.3 Å². The van der Waals surface area contributed by atoms with E-state index in [-0.39, 0.29) is 11.8 Å². The van der Waals surface area contributed by atoms with E-state index in [0.29, 0.717) is 6.61 Å². The molecule has 5 heteroatoms. The van der Waals surface area contributed by atoms with Crippen LogP contribution in [0.4, 0.5) is 5.82 Å². The van der Waals surface area contributed by atoms with Crippen molar-refractivity contribution in [3.8, 4) is 11.5 Å². The number of hydrogen-bond acceptors (Lipinski definition) is 5. The monoisotopic (exact) mass is 371 g/mol. The summed E-state index contributed by atoms with van der Waals surface area (Å²) in [5, 5.41) is 15.1. The van der Waals surface area contributed by atoms with E-state index in [1.54, 1.807) is 18.5 Å². The van der Waals surface area contributed by atoms with Gasteiger partial charge in [-0.3, -0.25) is 4.98 Å². The summed E-state index contributed by atoms with van der Waals surface area (Å²) < 4.78 is 5.57. The number of pyridine rings is 2. The van der Waals surface area contributed by atoms with Gasteiger partial charge in [0.15, 0.2) is 0 Å². The van der Waals surface area contributed by atoms with Crippen LogP contribution in [0, 0.1) is 0 Å². The van der Waals surface area contributed by atoms with Crippen LogP contribution in [0.3, 0.4) is 0 Å².